The Bertz CT molecular complexity index is 1290. The van der Waals surface area contributed by atoms with E-state index < -0.39 is 0 Å². The molecule has 5 aromatic rings. The van der Waals surface area contributed by atoms with Crippen molar-refractivity contribution in [1.82, 2.24) is 29.1 Å². The Hall–Kier alpha value is -2.97. The van der Waals surface area contributed by atoms with E-state index in [4.69, 9.17) is 4.98 Å². The van der Waals surface area contributed by atoms with Crippen molar-refractivity contribution in [3.05, 3.63) is 82.8 Å². The molecule has 4 heterocycles. The summed E-state index contributed by atoms with van der Waals surface area (Å²) in [5, 5.41) is 12.0. The van der Waals surface area contributed by atoms with Crippen LogP contribution in [0.5, 0.6) is 0 Å². The lowest BCUT2D eigenvalue weighted by Crippen LogP contribution is -2.03. The van der Waals surface area contributed by atoms with Crippen LogP contribution in [0.2, 0.25) is 0 Å². The fourth-order valence-corrected chi connectivity index (χ4v) is 4.96. The molecule has 1 aromatic carbocycles. The molecule has 0 saturated heterocycles. The number of thiophene rings is 1. The van der Waals surface area contributed by atoms with E-state index in [1.54, 1.807) is 23.1 Å². The minimum absolute atomic E-state index is 0.708. The van der Waals surface area contributed by atoms with E-state index in [9.17, 15) is 0 Å². The predicted octanol–water partition coefficient (Wildman–Crippen LogP) is 5.01. The molecule has 0 N–H and O–H groups in total. The van der Waals surface area contributed by atoms with Crippen LogP contribution in [0.15, 0.2) is 65.3 Å². The van der Waals surface area contributed by atoms with E-state index in [-0.39, 0.29) is 0 Å². The van der Waals surface area contributed by atoms with Crippen molar-refractivity contribution in [2.24, 2.45) is 0 Å². The van der Waals surface area contributed by atoms with Crippen molar-refractivity contribution < 1.29 is 0 Å². The number of hydrogen-bond acceptors (Lipinski definition) is 6. The van der Waals surface area contributed by atoms with E-state index in [0.29, 0.717) is 5.75 Å². The molecule has 0 radical (unpaired) electrons. The Morgan fingerprint density at radius 1 is 1.00 bits per heavy atom. The standard InChI is InChI=1S/C22H20N6S2/c1-15-11-16(2)27-13-18(24-21(27)23-15)14-30-22-26-25-20(19-9-6-10-29-19)28(22)12-17-7-4-3-5-8-17/h3-11,13H,12,14H2,1-2H3. The molecule has 0 unspecified atom stereocenters. The summed E-state index contributed by atoms with van der Waals surface area (Å²) < 4.78 is 4.23. The molecule has 0 amide bonds. The van der Waals surface area contributed by atoms with Crippen LogP contribution in [0.25, 0.3) is 16.5 Å². The number of aromatic nitrogens is 6. The quantitative estimate of drug-likeness (QED) is 0.353. The molecule has 0 atom stereocenters. The zero-order chi connectivity index (χ0) is 20.5. The first-order valence-corrected chi connectivity index (χ1v) is 11.5. The lowest BCUT2D eigenvalue weighted by atomic mass is 10.2. The number of aryl methyl sites for hydroxylation is 2. The summed E-state index contributed by atoms with van der Waals surface area (Å²) in [7, 11) is 0. The smallest absolute Gasteiger partial charge is 0.234 e. The number of benzene rings is 1. The predicted molar refractivity (Wildman–Crippen MR) is 121 cm³/mol. The van der Waals surface area contributed by atoms with Gasteiger partial charge in [0.05, 0.1) is 17.1 Å². The number of nitrogens with zero attached hydrogens (tertiary/aromatic N) is 6. The van der Waals surface area contributed by atoms with Gasteiger partial charge in [-0.15, -0.1) is 21.5 Å². The summed E-state index contributed by atoms with van der Waals surface area (Å²) in [6.45, 7) is 4.80. The minimum atomic E-state index is 0.708. The molecule has 4 aromatic heterocycles. The minimum Gasteiger partial charge on any atom is -0.297 e. The summed E-state index contributed by atoms with van der Waals surface area (Å²) in [6, 6.07) is 16.6. The maximum Gasteiger partial charge on any atom is 0.234 e. The molecule has 6 nitrogen and oxygen atoms in total. The average molecular weight is 433 g/mol. The van der Waals surface area contributed by atoms with Gasteiger partial charge < -0.3 is 0 Å². The van der Waals surface area contributed by atoms with Crippen LogP contribution in [0.3, 0.4) is 0 Å². The highest BCUT2D eigenvalue weighted by atomic mass is 32.2. The Balaban J connectivity index is 1.45. The highest BCUT2D eigenvalue weighted by molar-refractivity contribution is 7.98. The molecule has 0 spiro atoms. The maximum atomic E-state index is 4.70. The fourth-order valence-electron chi connectivity index (χ4n) is 3.42. The van der Waals surface area contributed by atoms with Crippen LogP contribution in [-0.2, 0) is 12.3 Å². The van der Waals surface area contributed by atoms with Crippen LogP contribution < -0.4 is 0 Å². The van der Waals surface area contributed by atoms with Gasteiger partial charge in [0.15, 0.2) is 11.0 Å². The van der Waals surface area contributed by atoms with Gasteiger partial charge in [-0.1, -0.05) is 48.2 Å². The highest BCUT2D eigenvalue weighted by Crippen LogP contribution is 2.29. The van der Waals surface area contributed by atoms with E-state index in [2.05, 4.69) is 74.6 Å². The zero-order valence-corrected chi connectivity index (χ0v) is 18.3. The summed E-state index contributed by atoms with van der Waals surface area (Å²) in [5.74, 6) is 2.35. The summed E-state index contributed by atoms with van der Waals surface area (Å²) in [6.07, 6.45) is 2.06. The second-order valence-corrected chi connectivity index (χ2v) is 8.98. The lowest BCUT2D eigenvalue weighted by molar-refractivity contribution is 0.715. The van der Waals surface area contributed by atoms with Gasteiger partial charge in [-0.3, -0.25) is 8.97 Å². The number of thioether (sulfide) groups is 1. The Morgan fingerprint density at radius 2 is 1.87 bits per heavy atom. The van der Waals surface area contributed by atoms with E-state index >= 15 is 0 Å². The van der Waals surface area contributed by atoms with Gasteiger partial charge in [-0.05, 0) is 36.9 Å². The fraction of sp³-hybridized carbons (Fsp3) is 0.182. The van der Waals surface area contributed by atoms with Crippen LogP contribution in [0, 0.1) is 13.8 Å². The highest BCUT2D eigenvalue weighted by Gasteiger charge is 2.16. The van der Waals surface area contributed by atoms with Crippen molar-refractivity contribution >= 4 is 28.9 Å². The molecular weight excluding hydrogens is 412 g/mol. The number of imidazole rings is 1. The van der Waals surface area contributed by atoms with Crippen LogP contribution >= 0.6 is 23.1 Å². The van der Waals surface area contributed by atoms with Crippen molar-refractivity contribution in [2.75, 3.05) is 0 Å². The molecule has 0 fully saturated rings. The van der Waals surface area contributed by atoms with Crippen LogP contribution in [0.1, 0.15) is 22.6 Å². The largest absolute Gasteiger partial charge is 0.297 e. The van der Waals surface area contributed by atoms with Crippen LogP contribution in [-0.4, -0.2) is 29.1 Å². The average Bonchev–Trinajstić information content (AvgIpc) is 3.47. The normalized spacial score (nSPS) is 11.4. The number of hydrogen-bond donors (Lipinski definition) is 0. The molecular formula is C22H20N6S2. The molecule has 8 heteroatoms. The molecule has 0 aliphatic rings. The third kappa shape index (κ3) is 3.76. The van der Waals surface area contributed by atoms with Gasteiger partial charge in [0.25, 0.3) is 0 Å². The first-order chi connectivity index (χ1) is 14.7. The Morgan fingerprint density at radius 3 is 2.67 bits per heavy atom. The maximum absolute atomic E-state index is 4.70. The third-order valence-corrected chi connectivity index (χ3v) is 6.67. The monoisotopic (exact) mass is 432 g/mol. The van der Waals surface area contributed by atoms with E-state index in [0.717, 1.165) is 45.3 Å². The Kier molecular flexibility index (Phi) is 5.10. The van der Waals surface area contributed by atoms with Crippen molar-refractivity contribution in [3.63, 3.8) is 0 Å². The number of fused-ring (bicyclic) bond motifs is 1. The zero-order valence-electron chi connectivity index (χ0n) is 16.7. The van der Waals surface area contributed by atoms with E-state index in [1.807, 2.05) is 23.5 Å². The molecule has 0 saturated carbocycles. The number of rotatable bonds is 6. The van der Waals surface area contributed by atoms with Gasteiger partial charge in [0, 0.05) is 23.3 Å². The molecule has 0 aliphatic carbocycles. The van der Waals surface area contributed by atoms with Crippen molar-refractivity contribution in [3.8, 4) is 10.7 Å². The van der Waals surface area contributed by atoms with Crippen LogP contribution in [0.4, 0.5) is 0 Å². The second-order valence-electron chi connectivity index (χ2n) is 7.09. The summed E-state index contributed by atoms with van der Waals surface area (Å²) in [4.78, 5) is 10.3. The van der Waals surface area contributed by atoms with E-state index in [1.165, 1.54) is 5.56 Å². The molecule has 150 valence electrons. The first kappa shape index (κ1) is 19.0. The summed E-state index contributed by atoms with van der Waals surface area (Å²) in [5.41, 5.74) is 4.31. The van der Waals surface area contributed by atoms with Gasteiger partial charge in [-0.25, -0.2) is 9.97 Å². The second kappa shape index (κ2) is 8.04. The van der Waals surface area contributed by atoms with Gasteiger partial charge in [-0.2, -0.15) is 0 Å². The summed E-state index contributed by atoms with van der Waals surface area (Å²) >= 11 is 3.33. The molecule has 0 aliphatic heterocycles. The molecule has 5 rings (SSSR count). The molecule has 0 bridgehead atoms. The van der Waals surface area contributed by atoms with Gasteiger partial charge in [0.1, 0.15) is 0 Å². The van der Waals surface area contributed by atoms with Gasteiger partial charge in [0.2, 0.25) is 5.78 Å². The third-order valence-electron chi connectivity index (χ3n) is 4.80. The van der Waals surface area contributed by atoms with Gasteiger partial charge >= 0.3 is 0 Å². The van der Waals surface area contributed by atoms with Crippen molar-refractivity contribution in [2.45, 2.75) is 31.3 Å². The SMILES string of the molecule is Cc1cc(C)n2cc(CSc3nnc(-c4cccs4)n3Cc3ccccc3)nc2n1. The topological polar surface area (TPSA) is 60.9 Å². The lowest BCUT2D eigenvalue weighted by Gasteiger charge is -2.09. The Labute approximate surface area is 182 Å². The first-order valence-electron chi connectivity index (χ1n) is 9.63. The van der Waals surface area contributed by atoms with Crippen molar-refractivity contribution in [1.29, 1.82) is 0 Å². The molecule has 30 heavy (non-hydrogen) atoms.